The number of nitrogens with one attached hydrogen (secondary N) is 1. The smallest absolute Gasteiger partial charge is 0.0920 e. The Morgan fingerprint density at radius 2 is 2.00 bits per heavy atom. The van der Waals surface area contributed by atoms with Gasteiger partial charge in [-0.3, -0.25) is 10.3 Å². The van der Waals surface area contributed by atoms with Crippen LogP contribution in [0.5, 0.6) is 0 Å². The summed E-state index contributed by atoms with van der Waals surface area (Å²) >= 11 is 2.05. The molecule has 4 heteroatoms. The Morgan fingerprint density at radius 3 is 2.43 bits per heavy atom. The number of nitrogens with two attached hydrogens (primary N) is 1. The Bertz CT molecular complexity index is 198. The lowest BCUT2D eigenvalue weighted by molar-refractivity contribution is 0.210. The van der Waals surface area contributed by atoms with Gasteiger partial charge in [0.2, 0.25) is 0 Å². The van der Waals surface area contributed by atoms with E-state index in [0.717, 1.165) is 13.1 Å². The molecule has 1 aliphatic heterocycles. The van der Waals surface area contributed by atoms with Crippen molar-refractivity contribution >= 4 is 17.6 Å². The molecule has 0 saturated carbocycles. The van der Waals surface area contributed by atoms with Crippen LogP contribution < -0.4 is 5.73 Å². The summed E-state index contributed by atoms with van der Waals surface area (Å²) in [5.41, 5.74) is 5.42. The minimum absolute atomic E-state index is 0.302. The van der Waals surface area contributed by atoms with Crippen molar-refractivity contribution in [2.75, 3.05) is 13.1 Å². The molecule has 1 rings (SSSR count). The van der Waals surface area contributed by atoms with Gasteiger partial charge >= 0.3 is 0 Å². The molecule has 1 aliphatic rings. The Labute approximate surface area is 90.9 Å². The van der Waals surface area contributed by atoms with Crippen LogP contribution in [0, 0.1) is 5.41 Å². The normalized spacial score (nSPS) is 31.4. The molecule has 0 aromatic carbocycles. The van der Waals surface area contributed by atoms with Gasteiger partial charge in [0.1, 0.15) is 0 Å². The molecule has 0 aliphatic carbocycles. The van der Waals surface area contributed by atoms with E-state index in [4.69, 9.17) is 11.1 Å². The third-order valence-electron chi connectivity index (χ3n) is 2.59. The predicted octanol–water partition coefficient (Wildman–Crippen LogP) is 1.53. The van der Waals surface area contributed by atoms with Crippen molar-refractivity contribution in [2.24, 2.45) is 5.73 Å². The van der Waals surface area contributed by atoms with Crippen LogP contribution in [0.15, 0.2) is 0 Å². The lowest BCUT2D eigenvalue weighted by Crippen LogP contribution is -2.46. The van der Waals surface area contributed by atoms with E-state index in [-0.39, 0.29) is 0 Å². The van der Waals surface area contributed by atoms with E-state index < -0.39 is 0 Å². The molecule has 3 atom stereocenters. The van der Waals surface area contributed by atoms with Crippen LogP contribution in [0.2, 0.25) is 0 Å². The summed E-state index contributed by atoms with van der Waals surface area (Å²) in [6.45, 7) is 8.96. The number of rotatable bonds is 3. The highest BCUT2D eigenvalue weighted by atomic mass is 32.2. The lowest BCUT2D eigenvalue weighted by atomic mass is 10.1. The summed E-state index contributed by atoms with van der Waals surface area (Å²) in [7, 11) is 0. The number of hydrogen-bond acceptors (Lipinski definition) is 3. The van der Waals surface area contributed by atoms with Crippen molar-refractivity contribution in [3.63, 3.8) is 0 Å². The molecule has 3 nitrogen and oxygen atoms in total. The van der Waals surface area contributed by atoms with Gasteiger partial charge in [0.05, 0.1) is 5.84 Å². The van der Waals surface area contributed by atoms with Crippen molar-refractivity contribution in [2.45, 2.75) is 43.7 Å². The van der Waals surface area contributed by atoms with Crippen LogP contribution in [-0.2, 0) is 0 Å². The molecular formula is C10H21N3S. The monoisotopic (exact) mass is 215 g/mol. The Kier molecular flexibility index (Phi) is 4.26. The van der Waals surface area contributed by atoms with Crippen molar-refractivity contribution in [1.29, 1.82) is 5.41 Å². The fourth-order valence-electron chi connectivity index (χ4n) is 2.02. The van der Waals surface area contributed by atoms with Gasteiger partial charge in [0, 0.05) is 36.1 Å². The molecule has 1 saturated heterocycles. The van der Waals surface area contributed by atoms with Gasteiger partial charge in [-0.25, -0.2) is 0 Å². The number of hydrogen-bond donors (Lipinski definition) is 2. The zero-order chi connectivity index (χ0) is 10.7. The third kappa shape index (κ3) is 3.50. The molecule has 1 heterocycles. The molecule has 0 amide bonds. The SMILES string of the molecule is CC1CN(C(C)CC(=N)N)CC(C)S1. The van der Waals surface area contributed by atoms with Crippen LogP contribution >= 0.6 is 11.8 Å². The Morgan fingerprint density at radius 1 is 1.50 bits per heavy atom. The summed E-state index contributed by atoms with van der Waals surface area (Å²) in [4.78, 5) is 2.45. The third-order valence-corrected chi connectivity index (χ3v) is 3.81. The maximum absolute atomic E-state index is 7.29. The Balaban J connectivity index is 2.46. The average molecular weight is 215 g/mol. The zero-order valence-corrected chi connectivity index (χ0v) is 10.1. The maximum Gasteiger partial charge on any atom is 0.0920 e. The molecule has 0 spiro atoms. The van der Waals surface area contributed by atoms with E-state index in [9.17, 15) is 0 Å². The van der Waals surface area contributed by atoms with Crippen LogP contribution in [0.4, 0.5) is 0 Å². The van der Waals surface area contributed by atoms with Gasteiger partial charge in [0.15, 0.2) is 0 Å². The van der Waals surface area contributed by atoms with E-state index in [0.29, 0.717) is 28.8 Å². The van der Waals surface area contributed by atoms with Crippen LogP contribution in [0.1, 0.15) is 27.2 Å². The first-order chi connectivity index (χ1) is 6.49. The standard InChI is InChI=1S/C10H21N3S/c1-7(4-10(11)12)13-5-8(2)14-9(3)6-13/h7-9H,4-6H2,1-3H3,(H3,11,12). The first kappa shape index (κ1) is 11.9. The summed E-state index contributed by atoms with van der Waals surface area (Å²) in [5.74, 6) is 0.302. The van der Waals surface area contributed by atoms with E-state index in [2.05, 4.69) is 37.4 Å². The van der Waals surface area contributed by atoms with Gasteiger partial charge in [-0.1, -0.05) is 13.8 Å². The molecule has 0 bridgehead atoms. The number of nitrogens with zero attached hydrogens (tertiary/aromatic N) is 1. The predicted molar refractivity (Wildman–Crippen MR) is 64.1 cm³/mol. The number of thioether (sulfide) groups is 1. The van der Waals surface area contributed by atoms with Crippen molar-refractivity contribution < 1.29 is 0 Å². The molecule has 0 aromatic rings. The fourth-order valence-corrected chi connectivity index (χ4v) is 3.37. The van der Waals surface area contributed by atoms with Gasteiger partial charge < -0.3 is 5.73 Å². The summed E-state index contributed by atoms with van der Waals surface area (Å²) in [6, 6.07) is 0.415. The highest BCUT2D eigenvalue weighted by Crippen LogP contribution is 2.26. The van der Waals surface area contributed by atoms with Crippen LogP contribution in [-0.4, -0.2) is 40.4 Å². The second kappa shape index (κ2) is 5.03. The molecule has 0 aromatic heterocycles. The van der Waals surface area contributed by atoms with Crippen LogP contribution in [0.3, 0.4) is 0 Å². The highest BCUT2D eigenvalue weighted by molar-refractivity contribution is 8.00. The second-order valence-corrected chi connectivity index (χ2v) is 6.17. The van der Waals surface area contributed by atoms with Gasteiger partial charge in [-0.2, -0.15) is 11.8 Å². The second-order valence-electron chi connectivity index (χ2n) is 4.29. The van der Waals surface area contributed by atoms with E-state index in [1.165, 1.54) is 0 Å². The van der Waals surface area contributed by atoms with Crippen molar-refractivity contribution in [3.8, 4) is 0 Å². The van der Waals surface area contributed by atoms with Gasteiger partial charge in [0.25, 0.3) is 0 Å². The van der Waals surface area contributed by atoms with Crippen molar-refractivity contribution in [1.82, 2.24) is 4.90 Å². The fraction of sp³-hybridized carbons (Fsp3) is 0.900. The molecule has 82 valence electrons. The van der Waals surface area contributed by atoms with Crippen molar-refractivity contribution in [3.05, 3.63) is 0 Å². The molecule has 3 unspecified atom stereocenters. The highest BCUT2D eigenvalue weighted by Gasteiger charge is 2.25. The van der Waals surface area contributed by atoms with Crippen LogP contribution in [0.25, 0.3) is 0 Å². The summed E-state index contributed by atoms with van der Waals surface area (Å²) < 4.78 is 0. The first-order valence-electron chi connectivity index (χ1n) is 5.21. The summed E-state index contributed by atoms with van der Waals surface area (Å²) in [6.07, 6.45) is 0.699. The average Bonchev–Trinajstić information content (AvgIpc) is 2.00. The molecule has 3 N–H and O–H groups in total. The zero-order valence-electron chi connectivity index (χ0n) is 9.29. The number of amidine groups is 1. The largest absolute Gasteiger partial charge is 0.388 e. The molecule has 0 radical (unpaired) electrons. The molecule has 1 fully saturated rings. The van der Waals surface area contributed by atoms with Gasteiger partial charge in [-0.05, 0) is 6.92 Å². The topological polar surface area (TPSA) is 53.1 Å². The Hall–Kier alpha value is -0.220. The van der Waals surface area contributed by atoms with E-state index in [1.807, 2.05) is 0 Å². The summed E-state index contributed by atoms with van der Waals surface area (Å²) in [5, 5.41) is 8.69. The minimum Gasteiger partial charge on any atom is -0.388 e. The molecule has 14 heavy (non-hydrogen) atoms. The maximum atomic E-state index is 7.29. The minimum atomic E-state index is 0.302. The van der Waals surface area contributed by atoms with E-state index in [1.54, 1.807) is 0 Å². The van der Waals surface area contributed by atoms with Gasteiger partial charge in [-0.15, -0.1) is 0 Å². The lowest BCUT2D eigenvalue weighted by Gasteiger charge is -2.38. The molecular weight excluding hydrogens is 194 g/mol. The van der Waals surface area contributed by atoms with E-state index >= 15 is 0 Å². The quantitative estimate of drug-likeness (QED) is 0.554. The first-order valence-corrected chi connectivity index (χ1v) is 6.15.